The summed E-state index contributed by atoms with van der Waals surface area (Å²) in [5.74, 6) is 7.40. The monoisotopic (exact) mass is 310 g/mol. The Bertz CT molecular complexity index is 611. The van der Waals surface area contributed by atoms with E-state index in [0.717, 1.165) is 10.0 Å². The Morgan fingerprint density at radius 1 is 1.28 bits per heavy atom. The highest BCUT2D eigenvalue weighted by atomic mass is 79.9. The van der Waals surface area contributed by atoms with Crippen molar-refractivity contribution in [2.45, 2.75) is 0 Å². The fourth-order valence-electron chi connectivity index (χ4n) is 1.84. The fraction of sp³-hybridized carbons (Fsp3) is 0.182. The Kier molecular flexibility index (Phi) is 2.55. The van der Waals surface area contributed by atoms with Gasteiger partial charge in [0.15, 0.2) is 11.5 Å². The average Bonchev–Trinajstić information content (AvgIpc) is 2.70. The predicted octanol–water partition coefficient (Wildman–Crippen LogP) is 1.38. The molecular formula is C11H11BrN4O2. The van der Waals surface area contributed by atoms with Crippen molar-refractivity contribution in [2.75, 3.05) is 24.8 Å². The molecular weight excluding hydrogens is 300 g/mol. The van der Waals surface area contributed by atoms with Gasteiger partial charge in [0.25, 0.3) is 0 Å². The quantitative estimate of drug-likeness (QED) is 0.777. The van der Waals surface area contributed by atoms with Crippen molar-refractivity contribution >= 4 is 21.7 Å². The molecule has 0 saturated carbocycles. The number of nitrogens with two attached hydrogens (primary N) is 2. The first kappa shape index (κ1) is 11.2. The number of nitrogens with zero attached hydrogens (tertiary/aromatic N) is 2. The lowest BCUT2D eigenvalue weighted by atomic mass is 10.1. The van der Waals surface area contributed by atoms with Crippen molar-refractivity contribution in [1.29, 1.82) is 0 Å². The molecule has 1 aliphatic heterocycles. The SMILES string of the molecule is Nc1c(-c2cc(Br)c3c(c2)OCCO3)ncn1N. The van der Waals surface area contributed by atoms with Crippen LogP contribution in [0.5, 0.6) is 11.5 Å². The molecule has 0 unspecified atom stereocenters. The van der Waals surface area contributed by atoms with Gasteiger partial charge >= 0.3 is 0 Å². The highest BCUT2D eigenvalue weighted by molar-refractivity contribution is 9.10. The third-order valence-corrected chi connectivity index (χ3v) is 3.29. The van der Waals surface area contributed by atoms with E-state index in [1.807, 2.05) is 12.1 Å². The Hall–Kier alpha value is -1.89. The van der Waals surface area contributed by atoms with E-state index < -0.39 is 0 Å². The second kappa shape index (κ2) is 4.09. The van der Waals surface area contributed by atoms with E-state index in [-0.39, 0.29) is 0 Å². The Balaban J connectivity index is 2.14. The number of rotatable bonds is 1. The average molecular weight is 311 g/mol. The van der Waals surface area contributed by atoms with Gasteiger partial charge in [0, 0.05) is 5.56 Å². The summed E-state index contributed by atoms with van der Waals surface area (Å²) in [5.41, 5.74) is 7.30. The van der Waals surface area contributed by atoms with Crippen LogP contribution in [-0.2, 0) is 0 Å². The molecule has 7 heteroatoms. The molecule has 0 atom stereocenters. The summed E-state index contributed by atoms with van der Waals surface area (Å²) in [4.78, 5) is 4.17. The molecule has 18 heavy (non-hydrogen) atoms. The molecule has 6 nitrogen and oxygen atoms in total. The molecule has 1 aliphatic rings. The van der Waals surface area contributed by atoms with Gasteiger partial charge in [-0.1, -0.05) is 0 Å². The summed E-state index contributed by atoms with van der Waals surface area (Å²) in [7, 11) is 0. The molecule has 4 N–H and O–H groups in total. The Morgan fingerprint density at radius 3 is 2.78 bits per heavy atom. The van der Waals surface area contributed by atoms with E-state index in [2.05, 4.69) is 20.9 Å². The van der Waals surface area contributed by atoms with E-state index in [9.17, 15) is 0 Å². The van der Waals surface area contributed by atoms with Crippen molar-refractivity contribution < 1.29 is 9.47 Å². The maximum absolute atomic E-state index is 5.85. The zero-order chi connectivity index (χ0) is 12.7. The standard InChI is InChI=1S/C11H11BrN4O2/c12-7-3-6(9-11(13)16(14)5-15-9)4-8-10(7)18-2-1-17-8/h3-5H,1-2,13-14H2. The number of benzene rings is 1. The van der Waals surface area contributed by atoms with Crippen molar-refractivity contribution in [3.05, 3.63) is 22.9 Å². The third kappa shape index (κ3) is 1.67. The lowest BCUT2D eigenvalue weighted by Crippen LogP contribution is -2.15. The Labute approximate surface area is 112 Å². The summed E-state index contributed by atoms with van der Waals surface area (Å²) in [6, 6.07) is 3.73. The minimum Gasteiger partial charge on any atom is -0.486 e. The number of aromatic nitrogens is 2. The minimum atomic E-state index is 0.401. The van der Waals surface area contributed by atoms with Crippen LogP contribution in [-0.4, -0.2) is 22.9 Å². The minimum absolute atomic E-state index is 0.401. The van der Waals surface area contributed by atoms with Crippen LogP contribution in [0.15, 0.2) is 22.9 Å². The van der Waals surface area contributed by atoms with Crippen LogP contribution in [0.25, 0.3) is 11.3 Å². The van der Waals surface area contributed by atoms with Crippen LogP contribution in [0.2, 0.25) is 0 Å². The van der Waals surface area contributed by atoms with Crippen LogP contribution in [0.3, 0.4) is 0 Å². The molecule has 3 rings (SSSR count). The summed E-state index contributed by atoms with van der Waals surface area (Å²) >= 11 is 3.45. The van der Waals surface area contributed by atoms with Gasteiger partial charge in [0.2, 0.25) is 0 Å². The van der Waals surface area contributed by atoms with Crippen molar-refractivity contribution in [2.24, 2.45) is 0 Å². The highest BCUT2D eigenvalue weighted by Gasteiger charge is 2.19. The van der Waals surface area contributed by atoms with Gasteiger partial charge in [-0.2, -0.15) is 0 Å². The number of hydrogen-bond donors (Lipinski definition) is 2. The molecule has 0 radical (unpaired) electrons. The van der Waals surface area contributed by atoms with E-state index in [1.54, 1.807) is 0 Å². The molecule has 2 heterocycles. The topological polar surface area (TPSA) is 88.3 Å². The van der Waals surface area contributed by atoms with Gasteiger partial charge in [0.1, 0.15) is 31.1 Å². The zero-order valence-electron chi connectivity index (χ0n) is 9.39. The van der Waals surface area contributed by atoms with Crippen LogP contribution in [0.1, 0.15) is 0 Å². The molecule has 0 fully saturated rings. The van der Waals surface area contributed by atoms with Crippen molar-refractivity contribution in [1.82, 2.24) is 9.66 Å². The summed E-state index contributed by atoms with van der Waals surface area (Å²) in [6.07, 6.45) is 1.47. The largest absolute Gasteiger partial charge is 0.486 e. The lowest BCUT2D eigenvalue weighted by Gasteiger charge is -2.20. The second-order valence-electron chi connectivity index (χ2n) is 3.87. The molecule has 0 saturated heterocycles. The van der Waals surface area contributed by atoms with Crippen LogP contribution >= 0.6 is 15.9 Å². The van der Waals surface area contributed by atoms with E-state index in [0.29, 0.717) is 36.2 Å². The zero-order valence-corrected chi connectivity index (χ0v) is 11.0. The van der Waals surface area contributed by atoms with Gasteiger partial charge < -0.3 is 21.1 Å². The number of fused-ring (bicyclic) bond motifs is 1. The van der Waals surface area contributed by atoms with Crippen LogP contribution in [0, 0.1) is 0 Å². The molecule has 1 aromatic heterocycles. The summed E-state index contributed by atoms with van der Waals surface area (Å²) < 4.78 is 13.2. The predicted molar refractivity (Wildman–Crippen MR) is 70.9 cm³/mol. The number of nitrogen functional groups attached to an aromatic ring is 2. The molecule has 94 valence electrons. The van der Waals surface area contributed by atoms with Crippen LogP contribution in [0.4, 0.5) is 5.82 Å². The normalized spacial score (nSPS) is 13.6. The first-order valence-corrected chi connectivity index (χ1v) is 6.13. The smallest absolute Gasteiger partial charge is 0.175 e. The highest BCUT2D eigenvalue weighted by Crippen LogP contribution is 2.41. The number of imidazole rings is 1. The van der Waals surface area contributed by atoms with E-state index >= 15 is 0 Å². The maximum atomic E-state index is 5.85. The lowest BCUT2D eigenvalue weighted by molar-refractivity contribution is 0.170. The van der Waals surface area contributed by atoms with Gasteiger partial charge in [-0.05, 0) is 28.1 Å². The van der Waals surface area contributed by atoms with E-state index in [1.165, 1.54) is 11.0 Å². The van der Waals surface area contributed by atoms with E-state index in [4.69, 9.17) is 21.1 Å². The molecule has 0 amide bonds. The molecule has 0 aliphatic carbocycles. The maximum Gasteiger partial charge on any atom is 0.175 e. The number of hydrogen-bond acceptors (Lipinski definition) is 5. The fourth-order valence-corrected chi connectivity index (χ4v) is 2.40. The molecule has 2 aromatic rings. The first-order valence-electron chi connectivity index (χ1n) is 5.34. The van der Waals surface area contributed by atoms with Gasteiger partial charge in [-0.3, -0.25) is 0 Å². The number of halogens is 1. The van der Waals surface area contributed by atoms with Gasteiger partial charge in [-0.15, -0.1) is 0 Å². The van der Waals surface area contributed by atoms with Crippen molar-refractivity contribution in [3.63, 3.8) is 0 Å². The van der Waals surface area contributed by atoms with Crippen LogP contribution < -0.4 is 21.1 Å². The first-order chi connectivity index (χ1) is 8.66. The number of anilines is 1. The van der Waals surface area contributed by atoms with Gasteiger partial charge in [0.05, 0.1) is 4.47 Å². The Morgan fingerprint density at radius 2 is 2.06 bits per heavy atom. The van der Waals surface area contributed by atoms with Gasteiger partial charge in [-0.25, -0.2) is 9.66 Å². The number of ether oxygens (including phenoxy) is 2. The molecule has 1 aromatic carbocycles. The van der Waals surface area contributed by atoms with Crippen molar-refractivity contribution in [3.8, 4) is 22.8 Å². The third-order valence-electron chi connectivity index (χ3n) is 2.70. The molecule has 0 spiro atoms. The summed E-state index contributed by atoms with van der Waals surface area (Å²) in [5, 5.41) is 0. The summed E-state index contributed by atoms with van der Waals surface area (Å²) in [6.45, 7) is 1.08. The molecule has 0 bridgehead atoms. The second-order valence-corrected chi connectivity index (χ2v) is 4.72.